The lowest BCUT2D eigenvalue weighted by atomic mass is 9.93. The number of carbonyl (C=O) groups is 1. The quantitative estimate of drug-likeness (QED) is 0.878. The van der Waals surface area contributed by atoms with E-state index in [2.05, 4.69) is 10.6 Å². The monoisotopic (exact) mass is 268 g/mol. The Balaban J connectivity index is 2.02. The Labute approximate surface area is 111 Å². The van der Waals surface area contributed by atoms with E-state index in [4.69, 9.17) is 0 Å². The molecule has 0 aliphatic carbocycles. The number of amides is 1. The van der Waals surface area contributed by atoms with Crippen LogP contribution < -0.4 is 10.6 Å². The van der Waals surface area contributed by atoms with Gasteiger partial charge in [0.1, 0.15) is 11.6 Å². The Morgan fingerprint density at radius 1 is 1.47 bits per heavy atom. The van der Waals surface area contributed by atoms with Crippen LogP contribution in [0.2, 0.25) is 0 Å². The van der Waals surface area contributed by atoms with E-state index in [9.17, 15) is 13.6 Å². The van der Waals surface area contributed by atoms with Gasteiger partial charge >= 0.3 is 0 Å². The highest BCUT2D eigenvalue weighted by Crippen LogP contribution is 2.23. The van der Waals surface area contributed by atoms with E-state index in [0.29, 0.717) is 6.42 Å². The van der Waals surface area contributed by atoms with Crippen LogP contribution in [0.4, 0.5) is 8.78 Å². The molecule has 2 rings (SSSR count). The van der Waals surface area contributed by atoms with Crippen molar-refractivity contribution in [2.24, 2.45) is 0 Å². The zero-order chi connectivity index (χ0) is 13.9. The molecule has 1 unspecified atom stereocenters. The second-order valence-corrected chi connectivity index (χ2v) is 4.88. The zero-order valence-corrected chi connectivity index (χ0v) is 10.9. The average molecular weight is 268 g/mol. The lowest BCUT2D eigenvalue weighted by molar-refractivity contribution is -0.127. The third-order valence-corrected chi connectivity index (χ3v) is 3.73. The third-order valence-electron chi connectivity index (χ3n) is 3.73. The van der Waals surface area contributed by atoms with Crippen molar-refractivity contribution >= 4 is 5.91 Å². The van der Waals surface area contributed by atoms with Gasteiger partial charge in [-0.25, -0.2) is 8.78 Å². The zero-order valence-electron chi connectivity index (χ0n) is 10.9. The lowest BCUT2D eigenvalue weighted by Crippen LogP contribution is -2.52. The fraction of sp³-hybridized carbons (Fsp3) is 0.500. The first-order chi connectivity index (χ1) is 9.07. The maximum atomic E-state index is 13.4. The molecule has 0 bridgehead atoms. The van der Waals surface area contributed by atoms with Crippen LogP contribution in [0.1, 0.15) is 31.7 Å². The van der Waals surface area contributed by atoms with E-state index in [-0.39, 0.29) is 18.0 Å². The van der Waals surface area contributed by atoms with Gasteiger partial charge in [-0.05, 0) is 44.0 Å². The van der Waals surface area contributed by atoms with E-state index < -0.39 is 17.2 Å². The molecule has 5 heteroatoms. The average Bonchev–Trinajstić information content (AvgIpc) is 2.89. The van der Waals surface area contributed by atoms with Crippen molar-refractivity contribution < 1.29 is 13.6 Å². The van der Waals surface area contributed by atoms with Gasteiger partial charge < -0.3 is 10.6 Å². The molecule has 2 N–H and O–H groups in total. The SMILES string of the molecule is CCC1(C(=O)NCc2cc(F)ccc2F)CCCN1. The summed E-state index contributed by atoms with van der Waals surface area (Å²) in [5.74, 6) is -1.15. The van der Waals surface area contributed by atoms with Crippen molar-refractivity contribution in [2.75, 3.05) is 6.54 Å². The Bertz CT molecular complexity index is 471. The number of hydrogen-bond donors (Lipinski definition) is 2. The van der Waals surface area contributed by atoms with Crippen LogP contribution in [0, 0.1) is 11.6 Å². The minimum Gasteiger partial charge on any atom is -0.350 e. The lowest BCUT2D eigenvalue weighted by Gasteiger charge is -2.26. The molecule has 1 aliphatic heterocycles. The van der Waals surface area contributed by atoms with Crippen molar-refractivity contribution in [1.82, 2.24) is 10.6 Å². The first kappa shape index (κ1) is 13.9. The van der Waals surface area contributed by atoms with Gasteiger partial charge in [0.15, 0.2) is 0 Å². The van der Waals surface area contributed by atoms with Crippen LogP contribution in [0.25, 0.3) is 0 Å². The number of benzene rings is 1. The van der Waals surface area contributed by atoms with Crippen LogP contribution in [0.15, 0.2) is 18.2 Å². The van der Waals surface area contributed by atoms with Gasteiger partial charge in [0.05, 0.1) is 5.54 Å². The summed E-state index contributed by atoms with van der Waals surface area (Å²) in [4.78, 5) is 12.2. The van der Waals surface area contributed by atoms with E-state index in [1.54, 1.807) is 0 Å². The Kier molecular flexibility index (Phi) is 4.14. The van der Waals surface area contributed by atoms with Crippen molar-refractivity contribution in [3.05, 3.63) is 35.4 Å². The van der Waals surface area contributed by atoms with Crippen molar-refractivity contribution in [2.45, 2.75) is 38.3 Å². The molecule has 1 aromatic rings. The predicted molar refractivity (Wildman–Crippen MR) is 68.5 cm³/mol. The summed E-state index contributed by atoms with van der Waals surface area (Å²) in [7, 11) is 0. The van der Waals surface area contributed by atoms with Gasteiger partial charge in [0.25, 0.3) is 0 Å². The first-order valence-electron chi connectivity index (χ1n) is 6.54. The standard InChI is InChI=1S/C14H18F2N2O/c1-2-14(6-3-7-18-14)13(19)17-9-10-8-11(15)4-5-12(10)16/h4-5,8,18H,2-3,6-7,9H2,1H3,(H,17,19). The van der Waals surface area contributed by atoms with Gasteiger partial charge in [0.2, 0.25) is 5.91 Å². The van der Waals surface area contributed by atoms with Crippen LogP contribution in [-0.2, 0) is 11.3 Å². The summed E-state index contributed by atoms with van der Waals surface area (Å²) in [6.07, 6.45) is 2.42. The third kappa shape index (κ3) is 2.92. The maximum absolute atomic E-state index is 13.4. The van der Waals surface area contributed by atoms with E-state index in [0.717, 1.165) is 37.6 Å². The summed E-state index contributed by atoms with van der Waals surface area (Å²) in [5, 5.41) is 5.89. The van der Waals surface area contributed by atoms with E-state index in [1.807, 2.05) is 6.92 Å². The number of halogens is 2. The molecule has 1 heterocycles. The highest BCUT2D eigenvalue weighted by atomic mass is 19.1. The molecule has 0 saturated carbocycles. The Morgan fingerprint density at radius 3 is 2.89 bits per heavy atom. The van der Waals surface area contributed by atoms with Gasteiger partial charge in [-0.1, -0.05) is 6.92 Å². The van der Waals surface area contributed by atoms with E-state index >= 15 is 0 Å². The normalized spacial score (nSPS) is 22.5. The fourth-order valence-electron chi connectivity index (χ4n) is 2.49. The fourth-order valence-corrected chi connectivity index (χ4v) is 2.49. The highest BCUT2D eigenvalue weighted by molar-refractivity contribution is 5.86. The molecule has 19 heavy (non-hydrogen) atoms. The molecule has 3 nitrogen and oxygen atoms in total. The molecule has 1 amide bonds. The molecule has 1 fully saturated rings. The first-order valence-corrected chi connectivity index (χ1v) is 6.54. The van der Waals surface area contributed by atoms with Crippen molar-refractivity contribution in [3.8, 4) is 0 Å². The molecule has 1 atom stereocenters. The molecule has 1 aliphatic rings. The van der Waals surface area contributed by atoms with Crippen LogP contribution >= 0.6 is 0 Å². The maximum Gasteiger partial charge on any atom is 0.240 e. The van der Waals surface area contributed by atoms with Crippen LogP contribution in [0.5, 0.6) is 0 Å². The highest BCUT2D eigenvalue weighted by Gasteiger charge is 2.38. The van der Waals surface area contributed by atoms with Gasteiger partial charge in [0, 0.05) is 12.1 Å². The van der Waals surface area contributed by atoms with Gasteiger partial charge in [-0.2, -0.15) is 0 Å². The molecule has 0 spiro atoms. The summed E-state index contributed by atoms with van der Waals surface area (Å²) < 4.78 is 26.5. The molecule has 0 aromatic heterocycles. The summed E-state index contributed by atoms with van der Waals surface area (Å²) in [6.45, 7) is 2.77. The second-order valence-electron chi connectivity index (χ2n) is 4.88. The van der Waals surface area contributed by atoms with Crippen molar-refractivity contribution in [3.63, 3.8) is 0 Å². The van der Waals surface area contributed by atoms with E-state index in [1.165, 1.54) is 0 Å². The summed E-state index contributed by atoms with van der Waals surface area (Å²) >= 11 is 0. The molecular weight excluding hydrogens is 250 g/mol. The van der Waals surface area contributed by atoms with Crippen molar-refractivity contribution in [1.29, 1.82) is 0 Å². The Morgan fingerprint density at radius 2 is 2.26 bits per heavy atom. The number of rotatable bonds is 4. The van der Waals surface area contributed by atoms with Gasteiger partial charge in [-0.15, -0.1) is 0 Å². The predicted octanol–water partition coefficient (Wildman–Crippen LogP) is 2.11. The Hall–Kier alpha value is -1.49. The van der Waals surface area contributed by atoms with Gasteiger partial charge in [-0.3, -0.25) is 4.79 Å². The largest absolute Gasteiger partial charge is 0.350 e. The number of hydrogen-bond acceptors (Lipinski definition) is 2. The minimum atomic E-state index is -0.552. The summed E-state index contributed by atoms with van der Waals surface area (Å²) in [5.41, 5.74) is -0.387. The minimum absolute atomic E-state index is 0.00581. The number of carbonyl (C=O) groups excluding carboxylic acids is 1. The van der Waals surface area contributed by atoms with Crippen LogP contribution in [-0.4, -0.2) is 18.0 Å². The molecule has 104 valence electrons. The smallest absolute Gasteiger partial charge is 0.240 e. The van der Waals surface area contributed by atoms with Crippen LogP contribution in [0.3, 0.4) is 0 Å². The number of nitrogens with one attached hydrogen (secondary N) is 2. The molecule has 0 radical (unpaired) electrons. The molecule has 1 saturated heterocycles. The molecular formula is C14H18F2N2O. The topological polar surface area (TPSA) is 41.1 Å². The molecule has 1 aromatic carbocycles. The summed E-state index contributed by atoms with van der Waals surface area (Å²) in [6, 6.07) is 3.24. The second kappa shape index (κ2) is 5.65.